The lowest BCUT2D eigenvalue weighted by atomic mass is 9.99. The van der Waals surface area contributed by atoms with Crippen molar-refractivity contribution >= 4 is 27.7 Å². The molecule has 12 nitrogen and oxygen atoms in total. The average Bonchev–Trinajstić information content (AvgIpc) is 3.02. The van der Waals surface area contributed by atoms with Crippen molar-refractivity contribution in [2.75, 3.05) is 26.8 Å². The number of nitrogens with zero attached hydrogens (tertiary/aromatic N) is 1. The van der Waals surface area contributed by atoms with Gasteiger partial charge in [-0.25, -0.2) is 13.6 Å². The zero-order valence-electron chi connectivity index (χ0n) is 25.1. The maximum Gasteiger partial charge on any atom is 0.258 e. The fourth-order valence-electron chi connectivity index (χ4n) is 5.36. The summed E-state index contributed by atoms with van der Waals surface area (Å²) in [6, 6.07) is 16.2. The van der Waals surface area contributed by atoms with Crippen molar-refractivity contribution in [1.29, 1.82) is 0 Å². The first kappa shape index (κ1) is 31.8. The van der Waals surface area contributed by atoms with Crippen LogP contribution < -0.4 is 30.0 Å². The second-order valence-corrected chi connectivity index (χ2v) is 12.6. The number of hydrogen-bond donors (Lipinski definition) is 3. The second kappa shape index (κ2) is 13.6. The number of hydrogen-bond acceptors (Lipinski definition) is 8. The van der Waals surface area contributed by atoms with Crippen LogP contribution in [0.4, 0.5) is 0 Å². The van der Waals surface area contributed by atoms with Gasteiger partial charge in [0.1, 0.15) is 11.9 Å². The van der Waals surface area contributed by atoms with E-state index < -0.39 is 28.1 Å². The molecule has 8 rings (SSSR count). The number of methoxy groups -OCH3 is 1. The summed E-state index contributed by atoms with van der Waals surface area (Å²) < 4.78 is 41.5. The Hall–Kier alpha value is -4.62. The molecule has 0 radical (unpaired) electrons. The van der Waals surface area contributed by atoms with E-state index in [1.165, 1.54) is 25.3 Å². The predicted octanol–water partition coefficient (Wildman–Crippen LogP) is 2.07. The summed E-state index contributed by atoms with van der Waals surface area (Å²) in [7, 11) is -2.51. The van der Waals surface area contributed by atoms with Gasteiger partial charge in [-0.15, -0.1) is 0 Å². The number of sulfonamides is 1. The highest BCUT2D eigenvalue weighted by molar-refractivity contribution is 7.89. The highest BCUT2D eigenvalue weighted by Gasteiger charge is 2.35. The number of likely N-dealkylation sites (tertiary alicyclic amines) is 1. The van der Waals surface area contributed by atoms with E-state index in [0.29, 0.717) is 55.2 Å². The van der Waals surface area contributed by atoms with E-state index in [4.69, 9.17) is 19.3 Å². The number of nitrogens with one attached hydrogen (secondary N) is 2. The minimum absolute atomic E-state index is 0.0867. The van der Waals surface area contributed by atoms with Gasteiger partial charge in [0.25, 0.3) is 11.8 Å². The Morgan fingerprint density at radius 1 is 1.00 bits per heavy atom. The summed E-state index contributed by atoms with van der Waals surface area (Å²) in [6.07, 6.45) is 0.699. The summed E-state index contributed by atoms with van der Waals surface area (Å²) in [6.45, 7) is 2.17. The van der Waals surface area contributed by atoms with Crippen LogP contribution in [0.2, 0.25) is 0 Å². The number of nitrogens with two attached hydrogens (primary N) is 1. The smallest absolute Gasteiger partial charge is 0.258 e. The van der Waals surface area contributed by atoms with Crippen molar-refractivity contribution in [3.8, 4) is 17.2 Å². The van der Waals surface area contributed by atoms with E-state index in [-0.39, 0.29) is 35.4 Å². The predicted molar refractivity (Wildman–Crippen MR) is 165 cm³/mol. The van der Waals surface area contributed by atoms with Crippen molar-refractivity contribution in [1.82, 2.24) is 15.5 Å². The maximum atomic E-state index is 13.6. The fourth-order valence-corrected chi connectivity index (χ4v) is 5.90. The van der Waals surface area contributed by atoms with Gasteiger partial charge in [0.15, 0.2) is 18.1 Å². The van der Waals surface area contributed by atoms with Gasteiger partial charge >= 0.3 is 0 Å². The number of piperidine rings is 1. The number of ether oxygens (including phenoxy) is 3. The number of aryl methyl sites for hydroxylation is 2. The Kier molecular flexibility index (Phi) is 9.59. The van der Waals surface area contributed by atoms with Crippen LogP contribution in [-0.2, 0) is 32.6 Å². The highest BCUT2D eigenvalue weighted by atomic mass is 32.2. The standard InChI is InChI=1S/C32H36N4O8S/c1-20-3-10-24(45(33,40)41)16-25(20)32(39)36-14-13-27-26(18-36)35-31(38)19-43-28-11-6-21(15-29(28)42-2)7-12-30(37)34-17-22-4-8-23(44-27)9-5-22/h3-6,8-11,15-16,26-27H,7,12-14,17-19H2,1-2H3,(H,34,37)(H,35,38)(H2,33,40,41)/t26-,27-/m1/s1. The van der Waals surface area contributed by atoms with Crippen LogP contribution in [0.15, 0.2) is 65.6 Å². The molecule has 0 unspecified atom stereocenters. The van der Waals surface area contributed by atoms with E-state index in [1.54, 1.807) is 36.1 Å². The molecule has 13 heteroatoms. The van der Waals surface area contributed by atoms with Gasteiger partial charge in [-0.1, -0.05) is 24.3 Å². The lowest BCUT2D eigenvalue weighted by molar-refractivity contribution is -0.125. The van der Waals surface area contributed by atoms with Crippen molar-refractivity contribution in [3.63, 3.8) is 0 Å². The summed E-state index contributed by atoms with van der Waals surface area (Å²) in [5.41, 5.74) is 2.58. The van der Waals surface area contributed by atoms with Crippen molar-refractivity contribution < 1.29 is 37.0 Å². The molecule has 2 atom stereocenters. The molecule has 3 amide bonds. The third-order valence-electron chi connectivity index (χ3n) is 7.88. The molecule has 1 fully saturated rings. The molecule has 45 heavy (non-hydrogen) atoms. The van der Waals surface area contributed by atoms with Crippen LogP contribution in [-0.4, -0.2) is 70.0 Å². The Morgan fingerprint density at radius 3 is 2.49 bits per heavy atom. The molecule has 0 spiro atoms. The van der Waals surface area contributed by atoms with E-state index in [9.17, 15) is 22.8 Å². The molecule has 3 aromatic rings. The van der Waals surface area contributed by atoms with Crippen LogP contribution in [0, 0.1) is 6.92 Å². The zero-order valence-corrected chi connectivity index (χ0v) is 25.9. The number of primary sulfonamides is 1. The highest BCUT2D eigenvalue weighted by Crippen LogP contribution is 2.29. The number of amides is 3. The molecule has 5 heterocycles. The van der Waals surface area contributed by atoms with Crippen LogP contribution in [0.1, 0.15) is 39.9 Å². The number of carbonyl (C=O) groups is 3. The Morgan fingerprint density at radius 2 is 1.76 bits per heavy atom. The molecule has 0 aliphatic carbocycles. The number of rotatable bonds is 3. The summed E-state index contributed by atoms with van der Waals surface area (Å²) in [4.78, 5) is 40.7. The van der Waals surface area contributed by atoms with Crippen molar-refractivity contribution in [2.24, 2.45) is 5.14 Å². The van der Waals surface area contributed by atoms with E-state index in [2.05, 4.69) is 10.6 Å². The quantitative estimate of drug-likeness (QED) is 0.393. The zero-order chi connectivity index (χ0) is 32.1. The van der Waals surface area contributed by atoms with E-state index in [0.717, 1.165) is 11.1 Å². The van der Waals surface area contributed by atoms with Crippen LogP contribution >= 0.6 is 0 Å². The van der Waals surface area contributed by atoms with Crippen LogP contribution in [0.3, 0.4) is 0 Å². The van der Waals surface area contributed by atoms with Gasteiger partial charge < -0.3 is 29.7 Å². The first-order chi connectivity index (χ1) is 21.5. The fraction of sp³-hybridized carbons (Fsp3) is 0.344. The minimum atomic E-state index is -4.01. The molecule has 4 N–H and O–H groups in total. The minimum Gasteiger partial charge on any atom is -0.493 e. The number of benzene rings is 3. The van der Waals surface area contributed by atoms with E-state index >= 15 is 0 Å². The Balaban J connectivity index is 1.40. The largest absolute Gasteiger partial charge is 0.493 e. The topological polar surface area (TPSA) is 166 Å². The van der Waals surface area contributed by atoms with Crippen molar-refractivity contribution in [3.05, 3.63) is 82.9 Å². The lowest BCUT2D eigenvalue weighted by Crippen LogP contribution is -2.58. The average molecular weight is 637 g/mol. The first-order valence-corrected chi connectivity index (χ1v) is 16.1. The van der Waals surface area contributed by atoms with Gasteiger partial charge in [-0.3, -0.25) is 14.4 Å². The molecule has 0 saturated carbocycles. The van der Waals surface area contributed by atoms with E-state index in [1.807, 2.05) is 18.2 Å². The molecule has 238 valence electrons. The molecule has 1 saturated heterocycles. The SMILES string of the molecule is COc1cc2ccc1OCC(=O)N[C@@H]1CN(C(=O)c3cc(S(N)(=O)=O)ccc3C)CC[C@H]1Oc1ccc(cc1)CNC(=O)CC2. The molecular weight excluding hydrogens is 600 g/mol. The third kappa shape index (κ3) is 7.91. The molecule has 5 aliphatic heterocycles. The first-order valence-electron chi connectivity index (χ1n) is 14.5. The summed E-state index contributed by atoms with van der Waals surface area (Å²) >= 11 is 0. The number of carbonyl (C=O) groups excluding carboxylic acids is 3. The van der Waals surface area contributed by atoms with Crippen LogP contribution in [0.25, 0.3) is 0 Å². The molecule has 4 bridgehead atoms. The monoisotopic (exact) mass is 636 g/mol. The summed E-state index contributed by atoms with van der Waals surface area (Å²) in [5, 5.41) is 11.2. The molecule has 5 aliphatic rings. The summed E-state index contributed by atoms with van der Waals surface area (Å²) in [5.74, 6) is 0.472. The molecular formula is C32H36N4O8S. The molecule has 0 aromatic heterocycles. The van der Waals surface area contributed by atoms with Gasteiger partial charge in [0.2, 0.25) is 15.9 Å². The van der Waals surface area contributed by atoms with Crippen molar-refractivity contribution in [2.45, 2.75) is 49.8 Å². The van der Waals surface area contributed by atoms with Crippen LogP contribution in [0.5, 0.6) is 17.2 Å². The maximum absolute atomic E-state index is 13.6. The lowest BCUT2D eigenvalue weighted by Gasteiger charge is -2.39. The molecule has 3 aromatic carbocycles. The third-order valence-corrected chi connectivity index (χ3v) is 8.79. The Labute approximate surface area is 261 Å². The van der Waals surface area contributed by atoms with Gasteiger partial charge in [0, 0.05) is 38.0 Å². The normalized spacial score (nSPS) is 19.4. The van der Waals surface area contributed by atoms with Gasteiger partial charge in [0.05, 0.1) is 18.0 Å². The van der Waals surface area contributed by atoms with Gasteiger partial charge in [-0.05, 0) is 66.4 Å². The second-order valence-electron chi connectivity index (χ2n) is 11.1. The van der Waals surface area contributed by atoms with Gasteiger partial charge in [-0.2, -0.15) is 0 Å². The Bertz CT molecular complexity index is 1690.